The van der Waals surface area contributed by atoms with Crippen LogP contribution in [0.25, 0.3) is 0 Å². The highest BCUT2D eigenvalue weighted by Gasteiger charge is 2.21. The maximum Gasteiger partial charge on any atom is 0.123 e. The van der Waals surface area contributed by atoms with Gasteiger partial charge in [0.1, 0.15) is 5.84 Å². The Hall–Kier alpha value is -1.07. The molecule has 0 aliphatic heterocycles. The van der Waals surface area contributed by atoms with Gasteiger partial charge in [-0.25, -0.2) is 0 Å². The van der Waals surface area contributed by atoms with E-state index in [9.17, 15) is 5.11 Å². The number of benzene rings is 1. The summed E-state index contributed by atoms with van der Waals surface area (Å²) >= 11 is 3.48. The SMILES string of the molecule is N=C(N)c1ccc(N(CCO)C2CCCCC2)cc1Br. The monoisotopic (exact) mass is 339 g/mol. The first-order valence-corrected chi connectivity index (χ1v) is 7.94. The van der Waals surface area contributed by atoms with E-state index in [0.29, 0.717) is 18.2 Å². The van der Waals surface area contributed by atoms with E-state index in [4.69, 9.17) is 11.1 Å². The predicted molar refractivity (Wildman–Crippen MR) is 86.5 cm³/mol. The Balaban J connectivity index is 2.24. The molecular weight excluding hydrogens is 318 g/mol. The van der Waals surface area contributed by atoms with Gasteiger partial charge in [0.25, 0.3) is 0 Å². The van der Waals surface area contributed by atoms with Crippen molar-refractivity contribution in [2.75, 3.05) is 18.1 Å². The molecule has 1 aliphatic rings. The first-order chi connectivity index (χ1) is 9.63. The van der Waals surface area contributed by atoms with Gasteiger partial charge in [0.2, 0.25) is 0 Å². The van der Waals surface area contributed by atoms with Gasteiger partial charge in [-0.15, -0.1) is 0 Å². The molecule has 0 spiro atoms. The van der Waals surface area contributed by atoms with E-state index in [1.165, 1.54) is 32.1 Å². The van der Waals surface area contributed by atoms with Crippen LogP contribution in [0.15, 0.2) is 22.7 Å². The molecule has 0 bridgehead atoms. The Labute approximate surface area is 128 Å². The summed E-state index contributed by atoms with van der Waals surface area (Å²) in [5.41, 5.74) is 7.34. The maximum absolute atomic E-state index is 9.33. The fourth-order valence-electron chi connectivity index (χ4n) is 2.92. The number of amidine groups is 1. The minimum atomic E-state index is 0.0646. The standard InChI is InChI=1S/C15H22BrN3O/c16-14-10-12(6-7-13(14)15(17)18)19(8-9-20)11-4-2-1-3-5-11/h6-7,10-11,20H,1-5,8-9H2,(H3,17,18). The van der Waals surface area contributed by atoms with Crippen LogP contribution >= 0.6 is 15.9 Å². The van der Waals surface area contributed by atoms with Gasteiger partial charge in [0.15, 0.2) is 0 Å². The number of rotatable bonds is 5. The van der Waals surface area contributed by atoms with Crippen LogP contribution in [0, 0.1) is 5.41 Å². The number of anilines is 1. The Kier molecular flexibility index (Phi) is 5.43. The summed E-state index contributed by atoms with van der Waals surface area (Å²) in [5, 5.41) is 16.9. The third-order valence-corrected chi connectivity index (χ3v) is 4.59. The summed E-state index contributed by atoms with van der Waals surface area (Å²) in [6, 6.07) is 6.37. The molecule has 110 valence electrons. The van der Waals surface area contributed by atoms with Gasteiger partial charge < -0.3 is 15.7 Å². The van der Waals surface area contributed by atoms with Crippen LogP contribution in [-0.4, -0.2) is 30.1 Å². The first kappa shape index (κ1) is 15.3. The normalized spacial score (nSPS) is 16.1. The number of nitrogens with two attached hydrogens (primary N) is 1. The summed E-state index contributed by atoms with van der Waals surface area (Å²) in [6.07, 6.45) is 6.22. The smallest absolute Gasteiger partial charge is 0.123 e. The summed E-state index contributed by atoms with van der Waals surface area (Å²) in [6.45, 7) is 0.805. The van der Waals surface area contributed by atoms with Crippen LogP contribution < -0.4 is 10.6 Å². The van der Waals surface area contributed by atoms with Crippen LogP contribution in [0.2, 0.25) is 0 Å². The fraction of sp³-hybridized carbons (Fsp3) is 0.533. The first-order valence-electron chi connectivity index (χ1n) is 7.15. The van der Waals surface area contributed by atoms with Crippen molar-refractivity contribution in [1.82, 2.24) is 0 Å². The largest absolute Gasteiger partial charge is 0.395 e. The van der Waals surface area contributed by atoms with Gasteiger partial charge >= 0.3 is 0 Å². The van der Waals surface area contributed by atoms with Crippen molar-refractivity contribution < 1.29 is 5.11 Å². The zero-order valence-corrected chi connectivity index (χ0v) is 13.2. The number of aliphatic hydroxyl groups excluding tert-OH is 1. The molecular formula is C15H22BrN3O. The van der Waals surface area contributed by atoms with Crippen molar-refractivity contribution in [3.63, 3.8) is 0 Å². The fourth-order valence-corrected chi connectivity index (χ4v) is 3.50. The molecule has 0 radical (unpaired) electrons. The van der Waals surface area contributed by atoms with Crippen LogP contribution in [0.5, 0.6) is 0 Å². The van der Waals surface area contributed by atoms with Crippen molar-refractivity contribution in [3.8, 4) is 0 Å². The highest BCUT2D eigenvalue weighted by molar-refractivity contribution is 9.10. The molecule has 4 nitrogen and oxygen atoms in total. The van der Waals surface area contributed by atoms with E-state index >= 15 is 0 Å². The molecule has 0 atom stereocenters. The van der Waals surface area contributed by atoms with Gasteiger partial charge in [0, 0.05) is 28.3 Å². The van der Waals surface area contributed by atoms with Crippen molar-refractivity contribution >= 4 is 27.5 Å². The summed E-state index contributed by atoms with van der Waals surface area (Å²) in [5.74, 6) is 0.0646. The molecule has 0 amide bonds. The zero-order valence-electron chi connectivity index (χ0n) is 11.6. The van der Waals surface area contributed by atoms with Crippen LogP contribution in [-0.2, 0) is 0 Å². The molecule has 2 rings (SSSR count). The second-order valence-corrected chi connectivity index (χ2v) is 6.14. The molecule has 5 heteroatoms. The molecule has 20 heavy (non-hydrogen) atoms. The van der Waals surface area contributed by atoms with E-state index in [1.54, 1.807) is 0 Å². The van der Waals surface area contributed by atoms with Crippen molar-refractivity contribution in [2.24, 2.45) is 5.73 Å². The van der Waals surface area contributed by atoms with Crippen molar-refractivity contribution in [2.45, 2.75) is 38.1 Å². The average Bonchev–Trinajstić information content (AvgIpc) is 2.45. The van der Waals surface area contributed by atoms with Gasteiger partial charge in [-0.3, -0.25) is 5.41 Å². The molecule has 1 aromatic rings. The van der Waals surface area contributed by atoms with Crippen LogP contribution in [0.4, 0.5) is 5.69 Å². The predicted octanol–water partition coefficient (Wildman–Crippen LogP) is 2.86. The third kappa shape index (κ3) is 3.52. The topological polar surface area (TPSA) is 73.3 Å². The van der Waals surface area contributed by atoms with E-state index in [2.05, 4.69) is 20.8 Å². The Morgan fingerprint density at radius 2 is 2.05 bits per heavy atom. The van der Waals surface area contributed by atoms with Gasteiger partial charge in [-0.05, 0) is 47.0 Å². The Bertz CT molecular complexity index is 472. The van der Waals surface area contributed by atoms with Gasteiger partial charge in [0.05, 0.1) is 6.61 Å². The number of nitrogens with zero attached hydrogens (tertiary/aromatic N) is 1. The molecule has 0 saturated heterocycles. The molecule has 4 N–H and O–H groups in total. The molecule has 0 unspecified atom stereocenters. The van der Waals surface area contributed by atoms with Gasteiger partial charge in [-0.1, -0.05) is 19.3 Å². The van der Waals surface area contributed by atoms with Crippen LogP contribution in [0.1, 0.15) is 37.7 Å². The maximum atomic E-state index is 9.33. The highest BCUT2D eigenvalue weighted by Crippen LogP contribution is 2.30. The summed E-state index contributed by atoms with van der Waals surface area (Å²) in [7, 11) is 0. The lowest BCUT2D eigenvalue weighted by Crippen LogP contribution is -2.38. The Morgan fingerprint density at radius 3 is 2.60 bits per heavy atom. The van der Waals surface area contributed by atoms with E-state index in [-0.39, 0.29) is 12.4 Å². The van der Waals surface area contributed by atoms with Gasteiger partial charge in [-0.2, -0.15) is 0 Å². The number of halogens is 1. The number of aliphatic hydroxyl groups is 1. The van der Waals surface area contributed by atoms with Crippen LogP contribution in [0.3, 0.4) is 0 Å². The molecule has 0 heterocycles. The van der Waals surface area contributed by atoms with E-state index < -0.39 is 0 Å². The lowest BCUT2D eigenvalue weighted by Gasteiger charge is -2.36. The third-order valence-electron chi connectivity index (χ3n) is 3.93. The quantitative estimate of drug-likeness (QED) is 0.570. The number of nitrogens with one attached hydrogen (secondary N) is 1. The lowest BCUT2D eigenvalue weighted by atomic mass is 9.93. The Morgan fingerprint density at radius 1 is 1.35 bits per heavy atom. The average molecular weight is 340 g/mol. The molecule has 1 saturated carbocycles. The molecule has 0 aromatic heterocycles. The van der Waals surface area contributed by atoms with E-state index in [1.807, 2.05) is 18.2 Å². The second-order valence-electron chi connectivity index (χ2n) is 5.29. The molecule has 1 fully saturated rings. The number of hydrogen-bond donors (Lipinski definition) is 3. The number of nitrogen functional groups attached to an aromatic ring is 1. The highest BCUT2D eigenvalue weighted by atomic mass is 79.9. The minimum Gasteiger partial charge on any atom is -0.395 e. The molecule has 1 aliphatic carbocycles. The van der Waals surface area contributed by atoms with Crippen molar-refractivity contribution in [1.29, 1.82) is 5.41 Å². The summed E-state index contributed by atoms with van der Waals surface area (Å²) < 4.78 is 0.834. The minimum absolute atomic E-state index is 0.0646. The second kappa shape index (κ2) is 7.09. The van der Waals surface area contributed by atoms with Crippen molar-refractivity contribution in [3.05, 3.63) is 28.2 Å². The van der Waals surface area contributed by atoms with E-state index in [0.717, 1.165) is 10.2 Å². The molecule has 1 aromatic carbocycles. The number of hydrogen-bond acceptors (Lipinski definition) is 3. The summed E-state index contributed by atoms with van der Waals surface area (Å²) in [4.78, 5) is 2.29. The zero-order chi connectivity index (χ0) is 14.5. The lowest BCUT2D eigenvalue weighted by molar-refractivity contribution is 0.290.